The van der Waals surface area contributed by atoms with Crippen LogP contribution in [0.4, 0.5) is 0 Å². The van der Waals surface area contributed by atoms with E-state index in [1.165, 1.54) is 13.7 Å². The van der Waals surface area contributed by atoms with Gasteiger partial charge in [-0.2, -0.15) is 0 Å². The van der Waals surface area contributed by atoms with E-state index >= 15 is 0 Å². The highest BCUT2D eigenvalue weighted by Gasteiger charge is 2.24. The van der Waals surface area contributed by atoms with Crippen molar-refractivity contribution in [1.29, 1.82) is 0 Å². The predicted octanol–water partition coefficient (Wildman–Crippen LogP) is 2.46. The van der Waals surface area contributed by atoms with E-state index in [-0.39, 0.29) is 23.5 Å². The molecule has 0 bridgehead atoms. The zero-order valence-corrected chi connectivity index (χ0v) is 13.5. The molecule has 5 nitrogen and oxygen atoms in total. The first-order chi connectivity index (χ1) is 8.50. The highest BCUT2D eigenvalue weighted by molar-refractivity contribution is 7.71. The Morgan fingerprint density at radius 1 is 0.895 bits per heavy atom. The lowest BCUT2D eigenvalue weighted by molar-refractivity contribution is 0.309. The van der Waals surface area contributed by atoms with Crippen LogP contribution in [0.5, 0.6) is 0 Å². The van der Waals surface area contributed by atoms with Gasteiger partial charge in [0.05, 0.1) is 0 Å². The van der Waals surface area contributed by atoms with Crippen LogP contribution in [0.1, 0.15) is 60.5 Å². The average Bonchev–Trinajstić information content (AvgIpc) is 2.12. The summed E-state index contributed by atoms with van der Waals surface area (Å²) in [6, 6.07) is -0.168. The molecule has 0 aliphatic rings. The average molecular weight is 285 g/mol. The summed E-state index contributed by atoms with van der Waals surface area (Å²) in [5, 5.41) is 0. The molecule has 1 rings (SSSR count). The Labute approximate surface area is 118 Å². The molecule has 1 heterocycles. The van der Waals surface area contributed by atoms with Crippen LogP contribution in [0.2, 0.25) is 0 Å². The molecule has 1 aromatic heterocycles. The molecular weight excluding hydrogens is 262 g/mol. The van der Waals surface area contributed by atoms with Crippen LogP contribution >= 0.6 is 12.2 Å². The van der Waals surface area contributed by atoms with Crippen molar-refractivity contribution in [3.05, 3.63) is 25.7 Å². The van der Waals surface area contributed by atoms with Gasteiger partial charge in [0.2, 0.25) is 0 Å². The number of hydrogen-bond donors (Lipinski definition) is 0. The van der Waals surface area contributed by atoms with Gasteiger partial charge in [-0.3, -0.25) is 9.13 Å². The second-order valence-corrected chi connectivity index (χ2v) is 6.65. The van der Waals surface area contributed by atoms with Gasteiger partial charge in [0.1, 0.15) is 0 Å². The summed E-state index contributed by atoms with van der Waals surface area (Å²) in [6.45, 7) is 13.1. The molecule has 0 aliphatic carbocycles. The fraction of sp³-hybridized carbons (Fsp3) is 0.769. The molecule has 0 N–H and O–H groups in total. The van der Waals surface area contributed by atoms with Gasteiger partial charge < -0.3 is 0 Å². The molecule has 0 radical (unpaired) electrons. The zero-order valence-electron chi connectivity index (χ0n) is 12.7. The summed E-state index contributed by atoms with van der Waals surface area (Å²) in [6.07, 6.45) is 0. The van der Waals surface area contributed by atoms with Gasteiger partial charge in [-0.05, 0) is 60.7 Å². The smallest absolute Gasteiger partial charge is 0.267 e. The Hall–Kier alpha value is -1.17. The molecular formula is C13H23N3O2S. The van der Waals surface area contributed by atoms with Crippen LogP contribution in [0.25, 0.3) is 0 Å². The van der Waals surface area contributed by atoms with E-state index in [1.807, 2.05) is 48.5 Å². The number of hydrogen-bond acceptors (Lipinski definition) is 3. The Bertz CT molecular complexity index is 596. The SMILES string of the molecule is CC(C)n1c(=S)n(C(C)C)c(=O)n(C(C)(C)C)c1=O. The molecule has 19 heavy (non-hydrogen) atoms. The van der Waals surface area contributed by atoms with E-state index in [4.69, 9.17) is 12.2 Å². The van der Waals surface area contributed by atoms with E-state index in [9.17, 15) is 9.59 Å². The molecule has 0 unspecified atom stereocenters. The molecule has 108 valence electrons. The molecule has 6 heteroatoms. The highest BCUT2D eigenvalue weighted by atomic mass is 32.1. The lowest BCUT2D eigenvalue weighted by Gasteiger charge is -2.26. The van der Waals surface area contributed by atoms with Gasteiger partial charge in [-0.15, -0.1) is 0 Å². The first kappa shape index (κ1) is 15.9. The van der Waals surface area contributed by atoms with Crippen molar-refractivity contribution in [3.63, 3.8) is 0 Å². The second kappa shape index (κ2) is 5.07. The summed E-state index contributed by atoms with van der Waals surface area (Å²) < 4.78 is 4.58. The Kier molecular flexibility index (Phi) is 4.24. The topological polar surface area (TPSA) is 48.9 Å². The van der Waals surface area contributed by atoms with Crippen molar-refractivity contribution in [2.24, 2.45) is 0 Å². The van der Waals surface area contributed by atoms with Crippen molar-refractivity contribution in [1.82, 2.24) is 13.7 Å². The number of nitrogens with zero attached hydrogens (tertiary/aromatic N) is 3. The number of rotatable bonds is 2. The fourth-order valence-electron chi connectivity index (χ4n) is 2.03. The third kappa shape index (κ3) is 2.73. The highest BCUT2D eigenvalue weighted by Crippen LogP contribution is 2.11. The van der Waals surface area contributed by atoms with E-state index in [1.54, 1.807) is 0 Å². The molecule has 0 fully saturated rings. The Morgan fingerprint density at radius 3 is 1.42 bits per heavy atom. The summed E-state index contributed by atoms with van der Waals surface area (Å²) in [4.78, 5) is 25.0. The van der Waals surface area contributed by atoms with Crippen LogP contribution in [0.3, 0.4) is 0 Å². The molecule has 0 spiro atoms. The fourth-order valence-corrected chi connectivity index (χ4v) is 2.61. The first-order valence-electron chi connectivity index (χ1n) is 6.50. The summed E-state index contributed by atoms with van der Waals surface area (Å²) >= 11 is 5.31. The second-order valence-electron chi connectivity index (χ2n) is 6.28. The maximum atomic E-state index is 12.5. The van der Waals surface area contributed by atoms with Gasteiger partial charge in [-0.25, -0.2) is 14.2 Å². The minimum atomic E-state index is -0.579. The molecule has 0 saturated heterocycles. The van der Waals surface area contributed by atoms with Gasteiger partial charge in [0, 0.05) is 17.6 Å². The first-order valence-corrected chi connectivity index (χ1v) is 6.91. The monoisotopic (exact) mass is 285 g/mol. The van der Waals surface area contributed by atoms with Crippen LogP contribution < -0.4 is 11.4 Å². The third-order valence-corrected chi connectivity index (χ3v) is 3.30. The van der Waals surface area contributed by atoms with Gasteiger partial charge in [0.15, 0.2) is 4.77 Å². The summed E-state index contributed by atoms with van der Waals surface area (Å²) in [5.41, 5.74) is -1.26. The standard InChI is InChI=1S/C13H23N3O2S/c1-8(2)14-10(17)16(13(5,6)7)11(18)15(9(3)4)12(14)19/h8-9H,1-7H3. The minimum absolute atomic E-state index is 0.0841. The van der Waals surface area contributed by atoms with Crippen molar-refractivity contribution in [2.75, 3.05) is 0 Å². The van der Waals surface area contributed by atoms with Crippen molar-refractivity contribution in [3.8, 4) is 0 Å². The molecule has 1 aromatic rings. The summed E-state index contributed by atoms with van der Waals surface area (Å²) in [7, 11) is 0. The van der Waals surface area contributed by atoms with Crippen molar-refractivity contribution < 1.29 is 0 Å². The van der Waals surface area contributed by atoms with E-state index in [2.05, 4.69) is 0 Å². The van der Waals surface area contributed by atoms with Gasteiger partial charge >= 0.3 is 11.4 Å². The van der Waals surface area contributed by atoms with Crippen LogP contribution in [-0.2, 0) is 5.54 Å². The van der Waals surface area contributed by atoms with Crippen molar-refractivity contribution in [2.45, 2.75) is 66.1 Å². The summed E-state index contributed by atoms with van der Waals surface area (Å²) in [5.74, 6) is 0. The normalized spacial score (nSPS) is 12.5. The van der Waals surface area contributed by atoms with Crippen molar-refractivity contribution >= 4 is 12.2 Å². The number of aromatic nitrogens is 3. The van der Waals surface area contributed by atoms with Crippen LogP contribution in [0, 0.1) is 4.77 Å². The minimum Gasteiger partial charge on any atom is -0.267 e. The van der Waals surface area contributed by atoms with Gasteiger partial charge in [-0.1, -0.05) is 0 Å². The van der Waals surface area contributed by atoms with Gasteiger partial charge in [0.25, 0.3) is 0 Å². The van der Waals surface area contributed by atoms with E-state index in [0.29, 0.717) is 4.77 Å². The quantitative estimate of drug-likeness (QED) is 0.784. The largest absolute Gasteiger partial charge is 0.335 e. The molecule has 0 amide bonds. The van der Waals surface area contributed by atoms with Crippen LogP contribution in [0.15, 0.2) is 9.59 Å². The lowest BCUT2D eigenvalue weighted by Crippen LogP contribution is -2.52. The maximum absolute atomic E-state index is 12.5. The molecule has 0 atom stereocenters. The Balaban J connectivity index is 4.04. The van der Waals surface area contributed by atoms with E-state index in [0.717, 1.165) is 0 Å². The zero-order chi connectivity index (χ0) is 15.1. The molecule has 0 aromatic carbocycles. The van der Waals surface area contributed by atoms with E-state index < -0.39 is 5.54 Å². The lowest BCUT2D eigenvalue weighted by atomic mass is 10.1. The van der Waals surface area contributed by atoms with Crippen LogP contribution in [-0.4, -0.2) is 13.7 Å². The third-order valence-electron chi connectivity index (χ3n) is 2.91. The molecule has 0 aliphatic heterocycles. The maximum Gasteiger partial charge on any atom is 0.335 e. The Morgan fingerprint density at radius 2 is 1.21 bits per heavy atom. The molecule has 0 saturated carbocycles. The predicted molar refractivity (Wildman–Crippen MR) is 79.6 cm³/mol.